The van der Waals surface area contributed by atoms with E-state index in [1.807, 2.05) is 36.5 Å². The minimum absolute atomic E-state index is 0.170. The molecular weight excluding hydrogens is 422 g/mol. The first-order valence-corrected chi connectivity index (χ1v) is 9.83. The van der Waals surface area contributed by atoms with Crippen LogP contribution in [0.1, 0.15) is 27.7 Å². The maximum absolute atomic E-state index is 12.1. The average molecular weight is 440 g/mol. The number of nitrogens with one attached hydrogen (secondary N) is 2. The molecule has 0 aliphatic carbocycles. The number of halogens is 1. The Labute approximate surface area is 170 Å². The molecule has 1 saturated heterocycles. The topological polar surface area (TPSA) is 88.0 Å². The van der Waals surface area contributed by atoms with Gasteiger partial charge in [-0.1, -0.05) is 22.0 Å². The number of hydrogen-bond acceptors (Lipinski definition) is 6. The molecule has 2 N–H and O–H groups in total. The van der Waals surface area contributed by atoms with Gasteiger partial charge in [-0.3, -0.25) is 20.0 Å². The number of benzene rings is 1. The number of rotatable bonds is 2. The lowest BCUT2D eigenvalue weighted by molar-refractivity contribution is 0.0952. The lowest BCUT2D eigenvalue weighted by Crippen LogP contribution is -2.49. The van der Waals surface area contributed by atoms with Crippen LogP contribution in [-0.4, -0.2) is 50.7 Å². The fraction of sp³-hybridized carbons (Fsp3) is 0.263. The molecule has 142 valence electrons. The van der Waals surface area contributed by atoms with Crippen molar-refractivity contribution in [2.24, 2.45) is 0 Å². The van der Waals surface area contributed by atoms with Crippen molar-refractivity contribution in [2.75, 3.05) is 20.1 Å². The van der Waals surface area contributed by atoms with Gasteiger partial charge >= 0.3 is 0 Å². The Kier molecular flexibility index (Phi) is 4.04. The van der Waals surface area contributed by atoms with Gasteiger partial charge in [0, 0.05) is 36.4 Å². The van der Waals surface area contributed by atoms with Crippen LogP contribution in [0.25, 0.3) is 5.69 Å². The van der Waals surface area contributed by atoms with Crippen molar-refractivity contribution in [3.05, 3.63) is 70.0 Å². The van der Waals surface area contributed by atoms with Gasteiger partial charge in [-0.15, -0.1) is 5.10 Å². The van der Waals surface area contributed by atoms with Crippen molar-refractivity contribution in [1.82, 2.24) is 35.3 Å². The van der Waals surface area contributed by atoms with E-state index in [9.17, 15) is 4.79 Å². The highest BCUT2D eigenvalue weighted by Crippen LogP contribution is 2.42. The van der Waals surface area contributed by atoms with Crippen LogP contribution in [-0.2, 0) is 12.2 Å². The molecule has 1 fully saturated rings. The quantitative estimate of drug-likeness (QED) is 0.627. The second-order valence-electron chi connectivity index (χ2n) is 6.78. The summed E-state index contributed by atoms with van der Waals surface area (Å²) < 4.78 is 2.74. The van der Waals surface area contributed by atoms with E-state index in [4.69, 9.17) is 0 Å². The van der Waals surface area contributed by atoms with Gasteiger partial charge < -0.3 is 5.32 Å². The Bertz CT molecular complexity index is 1070. The van der Waals surface area contributed by atoms with Crippen LogP contribution in [0.4, 0.5) is 0 Å². The molecule has 0 spiro atoms. The van der Waals surface area contributed by atoms with Gasteiger partial charge in [-0.2, -0.15) is 0 Å². The van der Waals surface area contributed by atoms with E-state index < -0.39 is 5.66 Å². The fourth-order valence-electron chi connectivity index (χ4n) is 4.08. The molecule has 0 bridgehead atoms. The third-order valence-electron chi connectivity index (χ3n) is 5.29. The van der Waals surface area contributed by atoms with Crippen LogP contribution < -0.4 is 10.6 Å². The van der Waals surface area contributed by atoms with Crippen LogP contribution in [0.2, 0.25) is 0 Å². The molecule has 0 radical (unpaired) electrons. The third kappa shape index (κ3) is 2.43. The number of nitrogens with zero attached hydrogens (tertiary/aromatic N) is 5. The second kappa shape index (κ2) is 6.47. The standard InChI is InChI=1S/C19H18BrN7O/c1-21-18(28)17-24-16-11-26-9-8-23-19(26,15-4-2-3-7-22-15)13-10-12(20)5-6-14(13)27(16)25-17/h2-7,10,23H,8-9,11H2,1H3,(H,21,28). The zero-order chi connectivity index (χ0) is 19.3. The molecular formula is C19H18BrN7O. The van der Waals surface area contributed by atoms with Crippen molar-refractivity contribution < 1.29 is 4.79 Å². The predicted molar refractivity (Wildman–Crippen MR) is 106 cm³/mol. The summed E-state index contributed by atoms with van der Waals surface area (Å²) in [5, 5.41) is 10.8. The number of carbonyl (C=O) groups is 1. The highest BCUT2D eigenvalue weighted by Gasteiger charge is 2.49. The maximum Gasteiger partial charge on any atom is 0.290 e. The van der Waals surface area contributed by atoms with E-state index in [0.29, 0.717) is 6.54 Å². The number of fused-ring (bicyclic) bond motifs is 5. The van der Waals surface area contributed by atoms with Gasteiger partial charge in [0.1, 0.15) is 11.5 Å². The zero-order valence-corrected chi connectivity index (χ0v) is 16.8. The number of carbonyl (C=O) groups excluding carboxylic acids is 1. The summed E-state index contributed by atoms with van der Waals surface area (Å²) in [4.78, 5) is 23.6. The largest absolute Gasteiger partial charge is 0.352 e. The summed E-state index contributed by atoms with van der Waals surface area (Å²) in [6.45, 7) is 2.18. The van der Waals surface area contributed by atoms with Gasteiger partial charge in [0.25, 0.3) is 5.91 Å². The number of pyridine rings is 1. The summed E-state index contributed by atoms with van der Waals surface area (Å²) >= 11 is 3.61. The van der Waals surface area contributed by atoms with Gasteiger partial charge in [0.15, 0.2) is 0 Å². The molecule has 2 aromatic heterocycles. The summed E-state index contributed by atoms with van der Waals surface area (Å²) in [5.74, 6) is 0.599. The van der Waals surface area contributed by atoms with E-state index in [-0.39, 0.29) is 11.7 Å². The first-order chi connectivity index (χ1) is 13.6. The van der Waals surface area contributed by atoms with Crippen molar-refractivity contribution in [2.45, 2.75) is 12.2 Å². The van der Waals surface area contributed by atoms with Crippen molar-refractivity contribution in [1.29, 1.82) is 0 Å². The van der Waals surface area contributed by atoms with Crippen molar-refractivity contribution >= 4 is 21.8 Å². The first kappa shape index (κ1) is 17.5. The molecule has 3 aromatic rings. The van der Waals surface area contributed by atoms with Crippen LogP contribution in [0.3, 0.4) is 0 Å². The Morgan fingerprint density at radius 3 is 3.00 bits per heavy atom. The van der Waals surface area contributed by atoms with E-state index in [0.717, 1.165) is 40.3 Å². The minimum Gasteiger partial charge on any atom is -0.352 e. The van der Waals surface area contributed by atoms with Gasteiger partial charge in [-0.05, 0) is 30.3 Å². The Hall–Kier alpha value is -2.62. The Morgan fingerprint density at radius 2 is 2.21 bits per heavy atom. The van der Waals surface area contributed by atoms with E-state index >= 15 is 0 Å². The molecule has 1 unspecified atom stereocenters. The molecule has 8 nitrogen and oxygen atoms in total. The predicted octanol–water partition coefficient (Wildman–Crippen LogP) is 1.40. The van der Waals surface area contributed by atoms with E-state index in [1.54, 1.807) is 11.7 Å². The molecule has 28 heavy (non-hydrogen) atoms. The summed E-state index contributed by atoms with van der Waals surface area (Å²) in [6.07, 6.45) is 1.81. The molecule has 9 heteroatoms. The lowest BCUT2D eigenvalue weighted by Gasteiger charge is -2.37. The molecule has 1 atom stereocenters. The first-order valence-electron chi connectivity index (χ1n) is 9.03. The number of hydrogen-bond donors (Lipinski definition) is 2. The molecule has 2 aliphatic rings. The van der Waals surface area contributed by atoms with Gasteiger partial charge in [-0.25, -0.2) is 9.67 Å². The molecule has 5 rings (SSSR count). The second-order valence-corrected chi connectivity index (χ2v) is 7.69. The Morgan fingerprint density at radius 1 is 1.32 bits per heavy atom. The normalized spacial score (nSPS) is 20.8. The van der Waals surface area contributed by atoms with Crippen LogP contribution in [0.5, 0.6) is 0 Å². The highest BCUT2D eigenvalue weighted by atomic mass is 79.9. The SMILES string of the molecule is CNC(=O)c1nc2n(n1)-c1ccc(Br)cc1C1(c3ccccn3)NCCN1C2. The van der Waals surface area contributed by atoms with E-state index in [1.165, 1.54) is 0 Å². The number of aromatic nitrogens is 4. The van der Waals surface area contributed by atoms with Gasteiger partial charge in [0.2, 0.25) is 5.82 Å². The molecule has 1 amide bonds. The van der Waals surface area contributed by atoms with Crippen LogP contribution in [0, 0.1) is 0 Å². The zero-order valence-electron chi connectivity index (χ0n) is 15.2. The van der Waals surface area contributed by atoms with Crippen LogP contribution in [0.15, 0.2) is 47.1 Å². The van der Waals surface area contributed by atoms with Crippen molar-refractivity contribution in [3.8, 4) is 5.69 Å². The highest BCUT2D eigenvalue weighted by molar-refractivity contribution is 9.10. The molecule has 2 aliphatic heterocycles. The lowest BCUT2D eigenvalue weighted by atomic mass is 9.93. The van der Waals surface area contributed by atoms with Crippen molar-refractivity contribution in [3.63, 3.8) is 0 Å². The maximum atomic E-state index is 12.1. The molecule has 4 heterocycles. The number of amides is 1. The minimum atomic E-state index is -0.587. The van der Waals surface area contributed by atoms with Gasteiger partial charge in [0.05, 0.1) is 17.9 Å². The fourth-order valence-corrected chi connectivity index (χ4v) is 4.44. The molecule has 0 saturated carbocycles. The summed E-state index contributed by atoms with van der Waals surface area (Å²) in [7, 11) is 1.58. The average Bonchev–Trinajstić information content (AvgIpc) is 3.31. The summed E-state index contributed by atoms with van der Waals surface area (Å²) in [5.41, 5.74) is 2.23. The summed E-state index contributed by atoms with van der Waals surface area (Å²) in [6, 6.07) is 12.0. The Balaban J connectivity index is 1.80. The van der Waals surface area contributed by atoms with Crippen LogP contribution >= 0.6 is 15.9 Å². The third-order valence-corrected chi connectivity index (χ3v) is 5.78. The monoisotopic (exact) mass is 439 g/mol. The molecule has 1 aromatic carbocycles. The van der Waals surface area contributed by atoms with E-state index in [2.05, 4.69) is 52.6 Å². The smallest absolute Gasteiger partial charge is 0.290 e.